The number of methoxy groups -OCH3 is 1. The Kier molecular flexibility index (Phi) is 6.86. The van der Waals surface area contributed by atoms with Gasteiger partial charge in [0.2, 0.25) is 17.7 Å². The predicted octanol–water partition coefficient (Wildman–Crippen LogP) is 2.63. The molecule has 1 fully saturated rings. The van der Waals surface area contributed by atoms with Crippen molar-refractivity contribution in [2.45, 2.75) is 50.5 Å². The van der Waals surface area contributed by atoms with Gasteiger partial charge in [-0.25, -0.2) is 0 Å². The van der Waals surface area contributed by atoms with Crippen LogP contribution in [0.1, 0.15) is 48.2 Å². The summed E-state index contributed by atoms with van der Waals surface area (Å²) in [6, 6.07) is 6.93. The van der Waals surface area contributed by atoms with Crippen LogP contribution >= 0.6 is 11.6 Å². The summed E-state index contributed by atoms with van der Waals surface area (Å²) in [6.45, 7) is 0.719. The van der Waals surface area contributed by atoms with Gasteiger partial charge in [-0.15, -0.1) is 0 Å². The molecule has 1 aromatic carbocycles. The molecule has 0 radical (unpaired) electrons. The summed E-state index contributed by atoms with van der Waals surface area (Å²) in [7, 11) is 3.22. The van der Waals surface area contributed by atoms with Crippen molar-refractivity contribution in [3.05, 3.63) is 51.8 Å². The summed E-state index contributed by atoms with van der Waals surface area (Å²) < 4.78 is 5.06. The second kappa shape index (κ2) is 9.65. The molecule has 2 heterocycles. The summed E-state index contributed by atoms with van der Waals surface area (Å²) in [5, 5.41) is 7.90. The van der Waals surface area contributed by atoms with Crippen LogP contribution in [0.4, 0.5) is 0 Å². The lowest BCUT2D eigenvalue weighted by atomic mass is 9.75. The zero-order valence-electron chi connectivity index (χ0n) is 19.0. The summed E-state index contributed by atoms with van der Waals surface area (Å²) in [5.74, 6) is -0.970. The molecule has 0 unspecified atom stereocenters. The highest BCUT2D eigenvalue weighted by Gasteiger charge is 2.54. The number of amides is 3. The molecule has 4 rings (SSSR count). The fourth-order valence-corrected chi connectivity index (χ4v) is 5.21. The van der Waals surface area contributed by atoms with Crippen molar-refractivity contribution in [3.63, 3.8) is 0 Å². The van der Waals surface area contributed by atoms with Gasteiger partial charge < -0.3 is 9.64 Å². The molecule has 1 aliphatic heterocycles. The first kappa shape index (κ1) is 23.4. The average molecular weight is 473 g/mol. The number of rotatable bonds is 8. The number of benzene rings is 1. The van der Waals surface area contributed by atoms with Crippen LogP contribution in [0, 0.1) is 0 Å². The first-order chi connectivity index (χ1) is 15.9. The molecular weight excluding hydrogens is 444 g/mol. The number of nitrogens with zero attached hydrogens (tertiary/aromatic N) is 3. The van der Waals surface area contributed by atoms with E-state index in [0.29, 0.717) is 17.1 Å². The Morgan fingerprint density at radius 1 is 1.27 bits per heavy atom. The third-order valence-electron chi connectivity index (χ3n) is 6.72. The number of imide groups is 1. The summed E-state index contributed by atoms with van der Waals surface area (Å²) in [6.07, 6.45) is 3.93. The average Bonchev–Trinajstić information content (AvgIpc) is 3.31. The lowest BCUT2D eigenvalue weighted by Gasteiger charge is -2.30. The SMILES string of the molecule is COCCN1C(=O)C[C@](CC(=O)N(C)Cc2n[nH]c3c2CCCC3)(c2ccccc2Cl)C1=O. The van der Waals surface area contributed by atoms with Gasteiger partial charge in [-0.1, -0.05) is 29.8 Å². The Bertz CT molecular complexity index is 1070. The zero-order chi connectivity index (χ0) is 23.6. The monoisotopic (exact) mass is 472 g/mol. The molecular formula is C24H29ClN4O4. The minimum Gasteiger partial charge on any atom is -0.383 e. The lowest BCUT2D eigenvalue weighted by Crippen LogP contribution is -2.43. The number of aryl methyl sites for hydroxylation is 1. The van der Waals surface area contributed by atoms with Gasteiger partial charge in [0.1, 0.15) is 0 Å². The van der Waals surface area contributed by atoms with Gasteiger partial charge in [-0.2, -0.15) is 5.10 Å². The molecule has 3 amide bonds. The van der Waals surface area contributed by atoms with E-state index in [2.05, 4.69) is 10.2 Å². The van der Waals surface area contributed by atoms with Crippen molar-refractivity contribution >= 4 is 29.3 Å². The number of aromatic nitrogens is 2. The topological polar surface area (TPSA) is 95.6 Å². The number of nitrogens with one attached hydrogen (secondary N) is 1. The minimum absolute atomic E-state index is 0.101. The highest BCUT2D eigenvalue weighted by atomic mass is 35.5. The summed E-state index contributed by atoms with van der Waals surface area (Å²) in [5.41, 5.74) is 2.38. The molecule has 1 atom stereocenters. The Hall–Kier alpha value is -2.71. The molecule has 1 aliphatic carbocycles. The molecule has 0 spiro atoms. The molecule has 0 saturated carbocycles. The Morgan fingerprint density at radius 3 is 2.79 bits per heavy atom. The number of likely N-dealkylation sites (tertiary alicyclic amines) is 1. The minimum atomic E-state index is -1.33. The van der Waals surface area contributed by atoms with E-state index in [1.165, 1.54) is 17.6 Å². The molecule has 2 aromatic rings. The quantitative estimate of drug-likeness (QED) is 0.596. The van der Waals surface area contributed by atoms with Crippen molar-refractivity contribution in [1.29, 1.82) is 0 Å². The standard InChI is InChI=1S/C24H29ClN4O4/c1-28(15-20-16-7-3-6-10-19(16)26-27-20)21(30)13-24(17-8-4-5-9-18(17)25)14-22(31)29(23(24)32)11-12-33-2/h4-5,8-9H,3,6-7,10-15H2,1-2H3,(H,26,27)/t24-/m1/s1. The van der Waals surface area contributed by atoms with Gasteiger partial charge in [-0.3, -0.25) is 24.4 Å². The van der Waals surface area contributed by atoms with Gasteiger partial charge in [0.25, 0.3) is 0 Å². The van der Waals surface area contributed by atoms with Gasteiger partial charge in [0, 0.05) is 37.7 Å². The van der Waals surface area contributed by atoms with Crippen LogP contribution in [0.3, 0.4) is 0 Å². The van der Waals surface area contributed by atoms with Gasteiger partial charge >= 0.3 is 0 Å². The van der Waals surface area contributed by atoms with Crippen LogP contribution in [-0.2, 0) is 43.9 Å². The molecule has 8 nitrogen and oxygen atoms in total. The van der Waals surface area contributed by atoms with Crippen molar-refractivity contribution in [1.82, 2.24) is 20.0 Å². The highest BCUT2D eigenvalue weighted by Crippen LogP contribution is 2.43. The zero-order valence-corrected chi connectivity index (χ0v) is 19.8. The second-order valence-electron chi connectivity index (χ2n) is 8.84. The Balaban J connectivity index is 1.60. The van der Waals surface area contributed by atoms with Gasteiger partial charge in [-0.05, 0) is 42.9 Å². The number of aromatic amines is 1. The molecule has 0 bridgehead atoms. The smallest absolute Gasteiger partial charge is 0.241 e. The number of fused-ring (bicyclic) bond motifs is 1. The molecule has 1 saturated heterocycles. The molecule has 33 heavy (non-hydrogen) atoms. The highest BCUT2D eigenvalue weighted by molar-refractivity contribution is 6.32. The first-order valence-electron chi connectivity index (χ1n) is 11.2. The van der Waals surface area contributed by atoms with Crippen molar-refractivity contribution < 1.29 is 19.1 Å². The number of carbonyl (C=O) groups is 3. The number of hydrogen-bond acceptors (Lipinski definition) is 5. The van der Waals surface area contributed by atoms with E-state index in [1.54, 1.807) is 36.2 Å². The van der Waals surface area contributed by atoms with Crippen LogP contribution < -0.4 is 0 Å². The largest absolute Gasteiger partial charge is 0.383 e. The molecule has 9 heteroatoms. The van der Waals surface area contributed by atoms with Crippen LogP contribution in [0.5, 0.6) is 0 Å². The van der Waals surface area contributed by atoms with Crippen molar-refractivity contribution in [3.8, 4) is 0 Å². The van der Waals surface area contributed by atoms with Crippen molar-refractivity contribution in [2.75, 3.05) is 27.3 Å². The number of carbonyl (C=O) groups excluding carboxylic acids is 3. The van der Waals surface area contributed by atoms with E-state index >= 15 is 0 Å². The summed E-state index contributed by atoms with van der Waals surface area (Å²) >= 11 is 6.47. The fourth-order valence-electron chi connectivity index (χ4n) is 4.89. The third kappa shape index (κ3) is 4.42. The molecule has 1 N–H and O–H groups in total. The van der Waals surface area contributed by atoms with Crippen LogP contribution in [0.25, 0.3) is 0 Å². The van der Waals surface area contributed by atoms with Gasteiger partial charge in [0.15, 0.2) is 0 Å². The van der Waals surface area contributed by atoms with Crippen molar-refractivity contribution in [2.24, 2.45) is 0 Å². The number of halogens is 1. The van der Waals surface area contributed by atoms with E-state index in [0.717, 1.165) is 37.1 Å². The van der Waals surface area contributed by atoms with E-state index < -0.39 is 11.3 Å². The molecule has 176 valence electrons. The lowest BCUT2D eigenvalue weighted by molar-refractivity contribution is -0.143. The number of hydrogen-bond donors (Lipinski definition) is 1. The second-order valence-corrected chi connectivity index (χ2v) is 9.25. The fraction of sp³-hybridized carbons (Fsp3) is 0.500. The Labute approximate surface area is 198 Å². The van der Waals surface area contributed by atoms with E-state index in [1.807, 2.05) is 0 Å². The Morgan fingerprint density at radius 2 is 2.03 bits per heavy atom. The predicted molar refractivity (Wildman–Crippen MR) is 123 cm³/mol. The maximum Gasteiger partial charge on any atom is 0.241 e. The van der Waals surface area contributed by atoms with Crippen LogP contribution in [-0.4, -0.2) is 65.0 Å². The van der Waals surface area contributed by atoms with E-state index in [9.17, 15) is 14.4 Å². The normalized spacial score (nSPS) is 20.3. The first-order valence-corrected chi connectivity index (χ1v) is 11.6. The van der Waals surface area contributed by atoms with E-state index in [4.69, 9.17) is 16.3 Å². The molecule has 1 aromatic heterocycles. The third-order valence-corrected chi connectivity index (χ3v) is 7.05. The van der Waals surface area contributed by atoms with Crippen LogP contribution in [0.2, 0.25) is 5.02 Å². The van der Waals surface area contributed by atoms with Gasteiger partial charge in [0.05, 0.1) is 30.8 Å². The summed E-state index contributed by atoms with van der Waals surface area (Å²) in [4.78, 5) is 42.6. The number of ether oxygens (including phenoxy) is 1. The molecule has 2 aliphatic rings. The maximum absolute atomic E-state index is 13.6. The van der Waals surface area contributed by atoms with E-state index in [-0.39, 0.29) is 37.8 Å². The maximum atomic E-state index is 13.6. The number of H-pyrrole nitrogens is 1. The van der Waals surface area contributed by atoms with Crippen LogP contribution in [0.15, 0.2) is 24.3 Å².